The van der Waals surface area contributed by atoms with Gasteiger partial charge in [0.15, 0.2) is 0 Å². The monoisotopic (exact) mass is 418 g/mol. The number of carbonyl (C=O) groups excluding carboxylic acids is 1. The molecule has 0 unspecified atom stereocenters. The molecule has 2 aromatic rings. The minimum absolute atomic E-state index is 0.0820. The molecule has 2 aliphatic rings. The van der Waals surface area contributed by atoms with Gasteiger partial charge in [-0.15, -0.1) is 0 Å². The second-order valence-electron chi connectivity index (χ2n) is 7.54. The van der Waals surface area contributed by atoms with Crippen LogP contribution in [0.1, 0.15) is 37.7 Å². The fourth-order valence-corrected chi connectivity index (χ4v) is 5.48. The average molecular weight is 419 g/mol. The Morgan fingerprint density at radius 2 is 1.68 bits per heavy atom. The maximum Gasteiger partial charge on any atom is 0.243 e. The number of hydrogen-bond donors (Lipinski definition) is 1. The summed E-state index contributed by atoms with van der Waals surface area (Å²) < 4.78 is 27.0. The molecule has 5 nitrogen and oxygen atoms in total. The number of nitrogens with zero attached hydrogens (tertiary/aromatic N) is 1. The van der Waals surface area contributed by atoms with Crippen molar-refractivity contribution < 1.29 is 13.2 Å². The van der Waals surface area contributed by atoms with Crippen LogP contribution in [0.5, 0.6) is 0 Å². The topological polar surface area (TPSA) is 66.5 Å². The van der Waals surface area contributed by atoms with Gasteiger partial charge in [-0.1, -0.05) is 30.2 Å². The third-order valence-corrected chi connectivity index (χ3v) is 7.77. The van der Waals surface area contributed by atoms with Gasteiger partial charge in [-0.2, -0.15) is 4.31 Å². The summed E-state index contributed by atoms with van der Waals surface area (Å²) in [5.74, 6) is -0.0820. The number of carbonyl (C=O) groups is 1. The number of benzene rings is 2. The molecule has 1 aliphatic heterocycles. The zero-order valence-corrected chi connectivity index (χ0v) is 17.1. The number of sulfonamides is 1. The van der Waals surface area contributed by atoms with Crippen molar-refractivity contribution in [2.24, 2.45) is 0 Å². The van der Waals surface area contributed by atoms with Gasteiger partial charge in [0.2, 0.25) is 15.9 Å². The molecule has 0 bridgehead atoms. The first-order chi connectivity index (χ1) is 13.4. The lowest BCUT2D eigenvalue weighted by Crippen LogP contribution is -2.35. The predicted molar refractivity (Wildman–Crippen MR) is 110 cm³/mol. The first-order valence-electron chi connectivity index (χ1n) is 9.60. The van der Waals surface area contributed by atoms with Gasteiger partial charge in [-0.05, 0) is 67.6 Å². The van der Waals surface area contributed by atoms with Crippen molar-refractivity contribution in [3.8, 4) is 0 Å². The summed E-state index contributed by atoms with van der Waals surface area (Å²) in [6.07, 6.45) is 4.43. The molecule has 4 rings (SSSR count). The van der Waals surface area contributed by atoms with Crippen molar-refractivity contribution in [2.45, 2.75) is 42.4 Å². The van der Waals surface area contributed by atoms with E-state index in [2.05, 4.69) is 5.32 Å². The number of rotatable bonds is 5. The Hall–Kier alpha value is -1.89. The van der Waals surface area contributed by atoms with E-state index in [0.717, 1.165) is 37.7 Å². The van der Waals surface area contributed by atoms with E-state index in [-0.39, 0.29) is 10.8 Å². The van der Waals surface area contributed by atoms with E-state index in [0.29, 0.717) is 23.8 Å². The molecule has 7 heteroatoms. The van der Waals surface area contributed by atoms with Crippen molar-refractivity contribution in [3.05, 3.63) is 59.1 Å². The Bertz CT molecular complexity index is 979. The summed E-state index contributed by atoms with van der Waals surface area (Å²) >= 11 is 6.08. The summed E-state index contributed by atoms with van der Waals surface area (Å²) in [6.45, 7) is 1.14. The highest BCUT2D eigenvalue weighted by Crippen LogP contribution is 2.49. The molecule has 1 saturated carbocycles. The van der Waals surface area contributed by atoms with E-state index in [1.807, 2.05) is 18.2 Å². The lowest BCUT2D eigenvalue weighted by atomic mass is 9.95. The molecule has 2 fully saturated rings. The van der Waals surface area contributed by atoms with E-state index >= 15 is 0 Å². The van der Waals surface area contributed by atoms with E-state index in [4.69, 9.17) is 11.6 Å². The maximum absolute atomic E-state index is 12.9. The van der Waals surface area contributed by atoms with Crippen LogP contribution in [0.15, 0.2) is 53.4 Å². The smallest absolute Gasteiger partial charge is 0.243 e. The van der Waals surface area contributed by atoms with Gasteiger partial charge in [0.1, 0.15) is 0 Å². The summed E-state index contributed by atoms with van der Waals surface area (Å²) in [5.41, 5.74) is 0.974. The van der Waals surface area contributed by atoms with Crippen LogP contribution in [-0.4, -0.2) is 31.7 Å². The third kappa shape index (κ3) is 3.69. The van der Waals surface area contributed by atoms with Crippen LogP contribution < -0.4 is 5.32 Å². The molecule has 28 heavy (non-hydrogen) atoms. The molecule has 1 N–H and O–H groups in total. The number of halogens is 1. The number of hydrogen-bond acceptors (Lipinski definition) is 3. The van der Waals surface area contributed by atoms with Crippen LogP contribution in [0, 0.1) is 0 Å². The van der Waals surface area contributed by atoms with E-state index in [1.54, 1.807) is 34.6 Å². The Balaban J connectivity index is 1.48. The Labute approximate surface area is 170 Å². The van der Waals surface area contributed by atoms with Crippen LogP contribution in [-0.2, 0) is 20.2 Å². The van der Waals surface area contributed by atoms with Crippen LogP contribution in [0.4, 0.5) is 5.69 Å². The molecule has 0 spiro atoms. The number of nitrogens with one attached hydrogen (secondary N) is 1. The first kappa shape index (κ1) is 19.4. The molecule has 1 heterocycles. The lowest BCUT2D eigenvalue weighted by Gasteiger charge is -2.26. The summed E-state index contributed by atoms with van der Waals surface area (Å²) in [4.78, 5) is 13.1. The van der Waals surface area contributed by atoms with Gasteiger partial charge in [0, 0.05) is 23.8 Å². The molecule has 2 aromatic carbocycles. The number of piperidine rings is 1. The zero-order chi connectivity index (χ0) is 19.8. The number of amides is 1. The molecule has 1 saturated heterocycles. The van der Waals surface area contributed by atoms with Gasteiger partial charge in [0.05, 0.1) is 10.3 Å². The SMILES string of the molecule is O=C(Nc1ccc(S(=O)(=O)N2CCCCC2)cc1)C1(c2cccc(Cl)c2)CC1. The average Bonchev–Trinajstić information content (AvgIpc) is 3.51. The third-order valence-electron chi connectivity index (χ3n) is 5.63. The highest BCUT2D eigenvalue weighted by Gasteiger charge is 2.51. The highest BCUT2D eigenvalue weighted by molar-refractivity contribution is 7.89. The van der Waals surface area contributed by atoms with Crippen molar-refractivity contribution >= 4 is 33.2 Å². The van der Waals surface area contributed by atoms with Crippen molar-refractivity contribution in [1.29, 1.82) is 0 Å². The molecular weight excluding hydrogens is 396 g/mol. The van der Waals surface area contributed by atoms with Gasteiger partial charge >= 0.3 is 0 Å². The highest BCUT2D eigenvalue weighted by atomic mass is 35.5. The fraction of sp³-hybridized carbons (Fsp3) is 0.381. The quantitative estimate of drug-likeness (QED) is 0.791. The van der Waals surface area contributed by atoms with E-state index in [9.17, 15) is 13.2 Å². The summed E-state index contributed by atoms with van der Waals surface area (Å²) in [5, 5.41) is 3.55. The lowest BCUT2D eigenvalue weighted by molar-refractivity contribution is -0.118. The standard InChI is InChI=1S/C21H23ClN2O3S/c22-17-6-4-5-16(15-17)21(11-12-21)20(25)23-18-7-9-19(10-8-18)28(26,27)24-13-2-1-3-14-24/h4-10,15H,1-3,11-14H2,(H,23,25). The molecule has 1 amide bonds. The predicted octanol–water partition coefficient (Wildman–Crippen LogP) is 4.18. The molecule has 0 atom stereocenters. The zero-order valence-electron chi connectivity index (χ0n) is 15.5. The molecule has 0 radical (unpaired) electrons. The Morgan fingerprint density at radius 1 is 1.00 bits per heavy atom. The number of anilines is 1. The second kappa shape index (κ2) is 7.50. The van der Waals surface area contributed by atoms with Gasteiger partial charge in [-0.25, -0.2) is 8.42 Å². The van der Waals surface area contributed by atoms with Gasteiger partial charge in [-0.3, -0.25) is 4.79 Å². The van der Waals surface area contributed by atoms with Crippen LogP contribution >= 0.6 is 11.6 Å². The van der Waals surface area contributed by atoms with Gasteiger partial charge < -0.3 is 5.32 Å². The van der Waals surface area contributed by atoms with Crippen molar-refractivity contribution in [1.82, 2.24) is 4.31 Å². The van der Waals surface area contributed by atoms with E-state index in [1.165, 1.54) is 0 Å². The second-order valence-corrected chi connectivity index (χ2v) is 9.91. The Kier molecular flexibility index (Phi) is 5.21. The minimum atomic E-state index is -3.47. The summed E-state index contributed by atoms with van der Waals surface area (Å²) in [6, 6.07) is 13.9. The largest absolute Gasteiger partial charge is 0.325 e. The minimum Gasteiger partial charge on any atom is -0.325 e. The maximum atomic E-state index is 12.9. The van der Waals surface area contributed by atoms with Crippen LogP contribution in [0.3, 0.4) is 0 Å². The summed E-state index contributed by atoms with van der Waals surface area (Å²) in [7, 11) is -3.47. The molecule has 148 valence electrons. The van der Waals surface area contributed by atoms with Crippen LogP contribution in [0.25, 0.3) is 0 Å². The normalized spacial score (nSPS) is 19.2. The van der Waals surface area contributed by atoms with Gasteiger partial charge in [0.25, 0.3) is 0 Å². The molecule has 0 aromatic heterocycles. The van der Waals surface area contributed by atoms with Crippen molar-refractivity contribution in [3.63, 3.8) is 0 Å². The first-order valence-corrected chi connectivity index (χ1v) is 11.4. The van der Waals surface area contributed by atoms with Crippen LogP contribution in [0.2, 0.25) is 5.02 Å². The Morgan fingerprint density at radius 3 is 2.29 bits per heavy atom. The fourth-order valence-electron chi connectivity index (χ4n) is 3.77. The molecule has 1 aliphatic carbocycles. The molecular formula is C21H23ClN2O3S. The van der Waals surface area contributed by atoms with Crippen molar-refractivity contribution in [2.75, 3.05) is 18.4 Å². The van der Waals surface area contributed by atoms with E-state index < -0.39 is 15.4 Å².